The van der Waals surface area contributed by atoms with E-state index in [1.165, 1.54) is 13.8 Å². The summed E-state index contributed by atoms with van der Waals surface area (Å²) in [5.74, 6) is -6.01. The molecule has 0 radical (unpaired) electrons. The SMILES string of the molecule is CC(O)[C@@H]1NC(=O)[C@H](CCCCN)NC(=O)[C@@H](Cc2c[nH]c3ccccc23)NC(=O)[C@H](Cc2ccccc2)NC(=O)[C@@H](NC(=O)[C@H](N)Cc2ccccc2)CSSC[C@@H](C(=O)N[C@H](CO)[C@@H](C)O)NC1=O.CS(=O)(=O)O. The Labute approximate surface area is 449 Å². The summed E-state index contributed by atoms with van der Waals surface area (Å²) >= 11 is 0. The molecule has 0 bridgehead atoms. The van der Waals surface area contributed by atoms with Gasteiger partial charge in [-0.2, -0.15) is 8.42 Å². The van der Waals surface area contributed by atoms with Crippen molar-refractivity contribution in [2.24, 2.45) is 11.5 Å². The number of nitrogens with one attached hydrogen (secondary N) is 8. The van der Waals surface area contributed by atoms with Gasteiger partial charge in [0.05, 0.1) is 37.2 Å². The molecule has 4 aromatic rings. The maximum absolute atomic E-state index is 14.7. The third kappa shape index (κ3) is 21.1. The van der Waals surface area contributed by atoms with Gasteiger partial charge in [-0.15, -0.1) is 0 Å². The van der Waals surface area contributed by atoms with Gasteiger partial charge in [-0.25, -0.2) is 0 Å². The lowest BCUT2D eigenvalue weighted by molar-refractivity contribution is -0.136. The second-order valence-electron chi connectivity index (χ2n) is 18.2. The maximum atomic E-state index is 14.7. The number of H-pyrrole nitrogens is 1. The first-order valence-corrected chi connectivity index (χ1v) is 28.8. The number of aromatic amines is 1. The van der Waals surface area contributed by atoms with Gasteiger partial charge in [-0.05, 0) is 68.8 Å². The fourth-order valence-electron chi connectivity index (χ4n) is 7.73. The number of aliphatic hydroxyl groups is 3. The smallest absolute Gasteiger partial charge is 0.261 e. The predicted octanol–water partition coefficient (Wildman–Crippen LogP) is -1.30. The molecular weight excluding hydrogens is 1040 g/mol. The van der Waals surface area contributed by atoms with Crippen LogP contribution in [0.2, 0.25) is 0 Å². The van der Waals surface area contributed by atoms with E-state index < -0.39 is 119 Å². The summed E-state index contributed by atoms with van der Waals surface area (Å²) in [4.78, 5) is 103. The Bertz CT molecular complexity index is 2640. The number of hydrogen-bond acceptors (Lipinski definition) is 16. The Hall–Kier alpha value is -6.10. The maximum Gasteiger partial charge on any atom is 0.261 e. The quantitative estimate of drug-likeness (QED) is 0.0332. The number of para-hydroxylation sites is 1. The molecule has 0 spiro atoms. The Morgan fingerprint density at radius 3 is 1.89 bits per heavy atom. The molecule has 23 nitrogen and oxygen atoms in total. The average molecular weight is 1120 g/mol. The highest BCUT2D eigenvalue weighted by atomic mass is 33.1. The van der Waals surface area contributed by atoms with Gasteiger partial charge in [-0.1, -0.05) is 100 Å². The van der Waals surface area contributed by atoms with Gasteiger partial charge >= 0.3 is 0 Å². The molecule has 0 saturated carbocycles. The minimum Gasteiger partial charge on any atom is -0.394 e. The Morgan fingerprint density at radius 2 is 1.29 bits per heavy atom. The van der Waals surface area contributed by atoms with Crippen molar-refractivity contribution in [1.29, 1.82) is 0 Å². The second kappa shape index (κ2) is 31.2. The van der Waals surface area contributed by atoms with Gasteiger partial charge in [0.25, 0.3) is 10.1 Å². The molecule has 416 valence electrons. The van der Waals surface area contributed by atoms with Crippen molar-refractivity contribution in [3.8, 4) is 0 Å². The van der Waals surface area contributed by atoms with Crippen LogP contribution in [0.1, 0.15) is 49.8 Å². The minimum atomic E-state index is -3.67. The van der Waals surface area contributed by atoms with Crippen LogP contribution in [0.4, 0.5) is 0 Å². The highest BCUT2D eigenvalue weighted by molar-refractivity contribution is 8.76. The Kier molecular flexibility index (Phi) is 25.6. The summed E-state index contributed by atoms with van der Waals surface area (Å²) < 4.78 is 25.9. The molecule has 7 amide bonds. The van der Waals surface area contributed by atoms with Crippen molar-refractivity contribution < 1.29 is 61.9 Å². The van der Waals surface area contributed by atoms with Crippen molar-refractivity contribution in [3.63, 3.8) is 0 Å². The van der Waals surface area contributed by atoms with E-state index in [2.05, 4.69) is 42.2 Å². The van der Waals surface area contributed by atoms with E-state index >= 15 is 0 Å². The summed E-state index contributed by atoms with van der Waals surface area (Å²) in [5.41, 5.74) is 15.0. The van der Waals surface area contributed by atoms with Gasteiger partial charge in [0, 0.05) is 41.4 Å². The van der Waals surface area contributed by atoms with E-state index in [0.717, 1.165) is 38.1 Å². The zero-order valence-electron chi connectivity index (χ0n) is 42.3. The van der Waals surface area contributed by atoms with Gasteiger partial charge in [0.1, 0.15) is 36.3 Å². The largest absolute Gasteiger partial charge is 0.394 e. The lowest BCUT2D eigenvalue weighted by Crippen LogP contribution is -2.62. The normalized spacial score (nSPS) is 22.1. The van der Waals surface area contributed by atoms with Crippen LogP contribution in [0.25, 0.3) is 10.9 Å². The van der Waals surface area contributed by atoms with Crippen molar-refractivity contribution in [3.05, 3.63) is 108 Å². The number of hydrogen-bond donors (Lipinski definition) is 14. The third-order valence-corrected chi connectivity index (χ3v) is 14.3. The number of benzene rings is 3. The lowest BCUT2D eigenvalue weighted by atomic mass is 10.0. The second-order valence-corrected chi connectivity index (χ2v) is 22.2. The first-order chi connectivity index (χ1) is 36.1. The molecule has 2 heterocycles. The summed E-state index contributed by atoms with van der Waals surface area (Å²) in [6.07, 6.45) is 0.559. The minimum absolute atomic E-state index is 0.0340. The van der Waals surface area contributed by atoms with E-state index in [4.69, 9.17) is 16.0 Å². The van der Waals surface area contributed by atoms with Crippen molar-refractivity contribution in [2.45, 2.75) is 113 Å². The van der Waals surface area contributed by atoms with Crippen LogP contribution in [0.5, 0.6) is 0 Å². The fraction of sp³-hybridized carbons (Fsp3) is 0.460. The molecule has 3 aromatic carbocycles. The molecular formula is C50H70N10O13S3. The van der Waals surface area contributed by atoms with Crippen molar-refractivity contribution >= 4 is 84.0 Å². The number of carbonyl (C=O) groups excluding carboxylic acids is 7. The highest BCUT2D eigenvalue weighted by Crippen LogP contribution is 2.24. The number of rotatable bonds is 17. The number of nitrogens with two attached hydrogens (primary N) is 2. The molecule has 76 heavy (non-hydrogen) atoms. The number of aliphatic hydroxyl groups excluding tert-OH is 3. The van der Waals surface area contributed by atoms with E-state index in [1.54, 1.807) is 60.8 Å². The average Bonchev–Trinajstić information content (AvgIpc) is 3.78. The zero-order valence-corrected chi connectivity index (χ0v) is 44.8. The van der Waals surface area contributed by atoms with E-state index in [-0.39, 0.29) is 43.7 Å². The molecule has 26 heteroatoms. The number of fused-ring (bicyclic) bond motifs is 1. The van der Waals surface area contributed by atoms with Gasteiger partial charge in [0.15, 0.2) is 0 Å². The monoisotopic (exact) mass is 1110 g/mol. The molecule has 1 saturated heterocycles. The van der Waals surface area contributed by atoms with Crippen LogP contribution >= 0.6 is 21.6 Å². The summed E-state index contributed by atoms with van der Waals surface area (Å²) in [7, 11) is -1.61. The predicted molar refractivity (Wildman–Crippen MR) is 290 cm³/mol. The van der Waals surface area contributed by atoms with Gasteiger partial charge < -0.3 is 69.0 Å². The van der Waals surface area contributed by atoms with Crippen LogP contribution in [0.15, 0.2) is 91.1 Å². The number of unbranched alkanes of at least 4 members (excludes halogenated alkanes) is 1. The fourth-order valence-corrected chi connectivity index (χ4v) is 10.1. The number of carbonyl (C=O) groups is 7. The first-order valence-electron chi connectivity index (χ1n) is 24.4. The highest BCUT2D eigenvalue weighted by Gasteiger charge is 2.36. The topological polar surface area (TPSA) is 387 Å². The third-order valence-electron chi connectivity index (χ3n) is 11.9. The molecule has 10 atom stereocenters. The molecule has 5 rings (SSSR count). The van der Waals surface area contributed by atoms with Crippen LogP contribution in [0.3, 0.4) is 0 Å². The summed E-state index contributed by atoms with van der Waals surface area (Å²) in [5, 5.41) is 50.5. The van der Waals surface area contributed by atoms with Crippen LogP contribution in [-0.4, -0.2) is 166 Å². The zero-order chi connectivity index (χ0) is 56.0. The van der Waals surface area contributed by atoms with Crippen molar-refractivity contribution in [1.82, 2.24) is 42.2 Å². The van der Waals surface area contributed by atoms with E-state index in [0.29, 0.717) is 30.2 Å². The molecule has 16 N–H and O–H groups in total. The number of aromatic nitrogens is 1. The summed E-state index contributed by atoms with van der Waals surface area (Å²) in [6.45, 7) is 2.23. The lowest BCUT2D eigenvalue weighted by Gasteiger charge is -2.29. The Morgan fingerprint density at radius 1 is 0.737 bits per heavy atom. The van der Waals surface area contributed by atoms with Crippen LogP contribution < -0.4 is 48.7 Å². The number of amides is 7. The molecule has 1 unspecified atom stereocenters. The van der Waals surface area contributed by atoms with Gasteiger partial charge in [-0.3, -0.25) is 38.1 Å². The molecule has 1 aliphatic heterocycles. The van der Waals surface area contributed by atoms with E-state index in [1.807, 2.05) is 30.3 Å². The summed E-state index contributed by atoms with van der Waals surface area (Å²) in [6, 6.07) is 14.6. The van der Waals surface area contributed by atoms with Crippen molar-refractivity contribution in [2.75, 3.05) is 30.9 Å². The molecule has 1 fully saturated rings. The van der Waals surface area contributed by atoms with E-state index in [9.17, 15) is 57.3 Å². The molecule has 1 aromatic heterocycles. The standard InChI is InChI=1S/C49H66N10O10S2.CH4O3S/c1-28(61)39(25-60)56-48(68)41-27-71-70-26-40(57-43(63)34(51)21-30-13-5-3-6-14-30)47(67)54-37(22-31-15-7-4-8-16-31)45(65)55-38(23-32-24-52-35-18-10-9-17-33(32)35)46(66)53-36(19-11-12-20-50)44(64)59-42(29(2)62)49(69)58-41;1-5(2,3)4/h3-10,13-18,24,28-29,34,36-42,52,60-62H,11-12,19-23,25-27,50-51H2,1-2H3,(H,53,66)(H,54,67)(H,55,65)(H,56,68)(H,57,63)(H,58,69)(H,59,64);1H3,(H,2,3,4)/t28-,29?,34-,36+,37+,38-,39-,40+,41+,42+;/m1./s1. The van der Waals surface area contributed by atoms with Gasteiger partial charge in [0.2, 0.25) is 41.4 Å². The first kappa shape index (κ1) is 62.4. The molecule has 1 aliphatic rings. The molecule has 0 aliphatic carbocycles. The van der Waals surface area contributed by atoms with Crippen LogP contribution in [0, 0.1) is 0 Å². The van der Waals surface area contributed by atoms with Crippen LogP contribution in [-0.2, 0) is 62.9 Å². The Balaban J connectivity index is 0.00000238.